The van der Waals surface area contributed by atoms with Crippen molar-refractivity contribution in [3.8, 4) is 5.75 Å². The highest BCUT2D eigenvalue weighted by atomic mass is 79.9. The fourth-order valence-corrected chi connectivity index (χ4v) is 0.898. The SMILES string of the molecule is [2H]C([2H])([2H])Oc1ccc(F)c(Br)c1. The Labute approximate surface area is 71.2 Å². The lowest BCUT2D eigenvalue weighted by Gasteiger charge is -1.99. The van der Waals surface area contributed by atoms with Crippen molar-refractivity contribution >= 4 is 15.9 Å². The molecule has 0 radical (unpaired) electrons. The van der Waals surface area contributed by atoms with Crippen LogP contribution < -0.4 is 4.74 Å². The van der Waals surface area contributed by atoms with Gasteiger partial charge in [0.2, 0.25) is 0 Å². The smallest absolute Gasteiger partial charge is 0.137 e. The second-order valence-corrected chi connectivity index (χ2v) is 2.53. The molecule has 0 atom stereocenters. The van der Waals surface area contributed by atoms with Gasteiger partial charge in [-0.2, -0.15) is 0 Å². The first-order valence-corrected chi connectivity index (χ1v) is 3.32. The van der Waals surface area contributed by atoms with Crippen molar-refractivity contribution in [3.63, 3.8) is 0 Å². The van der Waals surface area contributed by atoms with Crippen LogP contribution in [0.1, 0.15) is 4.11 Å². The topological polar surface area (TPSA) is 9.23 Å². The number of methoxy groups -OCH3 is 1. The molecule has 0 spiro atoms. The second-order valence-electron chi connectivity index (χ2n) is 1.68. The number of hydrogen-bond acceptors (Lipinski definition) is 1. The standard InChI is InChI=1S/C7H6BrFO/c1-10-5-2-3-7(9)6(8)4-5/h2-4H,1H3/i1D3. The maximum absolute atomic E-state index is 12.7. The van der Waals surface area contributed by atoms with Crippen LogP contribution in [0.25, 0.3) is 0 Å². The number of ether oxygens (including phenoxy) is 1. The van der Waals surface area contributed by atoms with E-state index in [9.17, 15) is 4.39 Å². The molecule has 0 fully saturated rings. The second kappa shape index (κ2) is 3.01. The van der Waals surface area contributed by atoms with Crippen molar-refractivity contribution in [1.82, 2.24) is 0 Å². The van der Waals surface area contributed by atoms with Gasteiger partial charge in [-0.3, -0.25) is 0 Å². The molecule has 1 rings (SSSR count). The van der Waals surface area contributed by atoms with Crippen LogP contribution in [-0.4, -0.2) is 7.04 Å². The Hall–Kier alpha value is -0.570. The van der Waals surface area contributed by atoms with Crippen LogP contribution >= 0.6 is 15.9 Å². The molecule has 10 heavy (non-hydrogen) atoms. The normalized spacial score (nSPS) is 15.2. The summed E-state index contributed by atoms with van der Waals surface area (Å²) in [4.78, 5) is 0. The van der Waals surface area contributed by atoms with Gasteiger partial charge in [-0.25, -0.2) is 4.39 Å². The Morgan fingerprint density at radius 3 is 3.10 bits per heavy atom. The van der Waals surface area contributed by atoms with E-state index in [-0.39, 0.29) is 10.2 Å². The third kappa shape index (κ3) is 1.48. The number of halogens is 2. The van der Waals surface area contributed by atoms with Gasteiger partial charge in [0.05, 0.1) is 15.6 Å². The van der Waals surface area contributed by atoms with Crippen LogP contribution in [0.3, 0.4) is 0 Å². The van der Waals surface area contributed by atoms with Gasteiger partial charge in [-0.15, -0.1) is 0 Å². The summed E-state index contributed by atoms with van der Waals surface area (Å²) in [7, 11) is -2.50. The van der Waals surface area contributed by atoms with Crippen molar-refractivity contribution in [2.45, 2.75) is 0 Å². The monoisotopic (exact) mass is 207 g/mol. The fourth-order valence-electron chi connectivity index (χ4n) is 0.540. The summed E-state index contributed by atoms with van der Waals surface area (Å²) >= 11 is 2.91. The number of benzene rings is 1. The van der Waals surface area contributed by atoms with Crippen LogP contribution in [0.5, 0.6) is 5.75 Å². The van der Waals surface area contributed by atoms with Gasteiger partial charge in [0.1, 0.15) is 11.6 Å². The maximum atomic E-state index is 12.7. The van der Waals surface area contributed by atoms with E-state index in [1.165, 1.54) is 12.1 Å². The Balaban J connectivity index is 2.86. The first-order chi connectivity index (χ1) is 5.88. The minimum Gasteiger partial charge on any atom is -0.497 e. The summed E-state index contributed by atoms with van der Waals surface area (Å²) in [6.45, 7) is 0. The molecule has 0 aromatic heterocycles. The van der Waals surface area contributed by atoms with Crippen molar-refractivity contribution in [2.24, 2.45) is 0 Å². The summed E-state index contributed by atoms with van der Waals surface area (Å²) < 4.78 is 37.8. The van der Waals surface area contributed by atoms with E-state index in [2.05, 4.69) is 20.7 Å². The van der Waals surface area contributed by atoms with E-state index in [4.69, 9.17) is 4.11 Å². The molecule has 0 aliphatic heterocycles. The van der Waals surface area contributed by atoms with Gasteiger partial charge in [-0.05, 0) is 34.1 Å². The molecular formula is C7H6BrFO. The molecule has 54 valence electrons. The zero-order valence-corrected chi connectivity index (χ0v) is 6.48. The molecule has 0 unspecified atom stereocenters. The van der Waals surface area contributed by atoms with Gasteiger partial charge in [-0.1, -0.05) is 0 Å². The van der Waals surface area contributed by atoms with Crippen molar-refractivity contribution in [1.29, 1.82) is 0 Å². The fraction of sp³-hybridized carbons (Fsp3) is 0.143. The summed E-state index contributed by atoms with van der Waals surface area (Å²) in [6.07, 6.45) is 0. The molecule has 1 nitrogen and oxygen atoms in total. The molecule has 0 aliphatic rings. The highest BCUT2D eigenvalue weighted by Gasteiger charge is 1.98. The molecule has 0 saturated carbocycles. The number of rotatable bonds is 1. The molecule has 0 saturated heterocycles. The molecule has 0 amide bonds. The summed E-state index contributed by atoms with van der Waals surface area (Å²) in [5.74, 6) is -0.355. The van der Waals surface area contributed by atoms with Gasteiger partial charge in [0, 0.05) is 0 Å². The van der Waals surface area contributed by atoms with E-state index in [0.717, 1.165) is 6.07 Å². The summed E-state index contributed by atoms with van der Waals surface area (Å²) in [5.41, 5.74) is 0. The van der Waals surface area contributed by atoms with E-state index in [1.807, 2.05) is 0 Å². The maximum Gasteiger partial charge on any atom is 0.137 e. The third-order valence-corrected chi connectivity index (χ3v) is 1.62. The molecule has 3 heteroatoms. The minimum atomic E-state index is -2.50. The van der Waals surface area contributed by atoms with E-state index in [1.54, 1.807) is 0 Å². The molecule has 0 bridgehead atoms. The average Bonchev–Trinajstić information content (AvgIpc) is 1.94. The highest BCUT2D eigenvalue weighted by Crippen LogP contribution is 2.20. The van der Waals surface area contributed by atoms with E-state index < -0.39 is 12.9 Å². The largest absolute Gasteiger partial charge is 0.497 e. The minimum absolute atomic E-state index is 0.105. The first kappa shape index (κ1) is 4.34. The van der Waals surface area contributed by atoms with Crippen LogP contribution in [-0.2, 0) is 0 Å². The van der Waals surface area contributed by atoms with Crippen molar-refractivity contribution < 1.29 is 13.2 Å². The molecule has 0 heterocycles. The molecule has 0 aliphatic carbocycles. The highest BCUT2D eigenvalue weighted by molar-refractivity contribution is 9.10. The summed E-state index contributed by atoms with van der Waals surface area (Å²) in [6, 6.07) is 3.65. The van der Waals surface area contributed by atoms with E-state index >= 15 is 0 Å². The van der Waals surface area contributed by atoms with Crippen LogP contribution in [0.4, 0.5) is 4.39 Å². The predicted molar refractivity (Wildman–Crippen MR) is 40.7 cm³/mol. The lowest BCUT2D eigenvalue weighted by Crippen LogP contribution is -1.83. The molecular weight excluding hydrogens is 199 g/mol. The van der Waals surface area contributed by atoms with Gasteiger partial charge >= 0.3 is 0 Å². The van der Waals surface area contributed by atoms with Gasteiger partial charge in [0.25, 0.3) is 0 Å². The molecule has 1 aromatic rings. The lowest BCUT2D eigenvalue weighted by molar-refractivity contribution is 0.413. The van der Waals surface area contributed by atoms with Crippen molar-refractivity contribution in [2.75, 3.05) is 7.04 Å². The molecule has 1 aromatic carbocycles. The van der Waals surface area contributed by atoms with Gasteiger partial charge < -0.3 is 4.74 Å². The predicted octanol–water partition coefficient (Wildman–Crippen LogP) is 2.60. The average molecular weight is 208 g/mol. The zero-order chi connectivity index (χ0) is 10.1. The Morgan fingerprint density at radius 2 is 2.50 bits per heavy atom. The third-order valence-electron chi connectivity index (χ3n) is 1.01. The van der Waals surface area contributed by atoms with Crippen LogP contribution in [0.15, 0.2) is 22.7 Å². The van der Waals surface area contributed by atoms with Crippen LogP contribution in [0, 0.1) is 5.82 Å². The Bertz CT molecular complexity index is 313. The van der Waals surface area contributed by atoms with Gasteiger partial charge in [0.15, 0.2) is 0 Å². The van der Waals surface area contributed by atoms with Crippen molar-refractivity contribution in [3.05, 3.63) is 28.5 Å². The first-order valence-electron chi connectivity index (χ1n) is 4.02. The van der Waals surface area contributed by atoms with Crippen LogP contribution in [0.2, 0.25) is 0 Å². The summed E-state index contributed by atoms with van der Waals surface area (Å²) in [5, 5.41) is 0. The Kier molecular flexibility index (Phi) is 1.31. The zero-order valence-electron chi connectivity index (χ0n) is 7.90. The lowest BCUT2D eigenvalue weighted by atomic mass is 10.3. The quantitative estimate of drug-likeness (QED) is 0.689. The molecule has 0 N–H and O–H groups in total. The Morgan fingerprint density at radius 1 is 1.70 bits per heavy atom. The van der Waals surface area contributed by atoms with E-state index in [0.29, 0.717) is 0 Å². The number of hydrogen-bond donors (Lipinski definition) is 0.